The van der Waals surface area contributed by atoms with Gasteiger partial charge in [-0.3, -0.25) is 0 Å². The molecule has 0 aromatic heterocycles. The normalized spacial score (nSPS) is 32.8. The Morgan fingerprint density at radius 2 is 1.59 bits per heavy atom. The molecule has 2 aromatic rings. The second kappa shape index (κ2) is 8.11. The van der Waals surface area contributed by atoms with Crippen LogP contribution in [0.25, 0.3) is 0 Å². The highest BCUT2D eigenvalue weighted by atomic mass is 35.5. The Hall–Kier alpha value is -1.42. The van der Waals surface area contributed by atoms with E-state index in [1.807, 2.05) is 30.3 Å². The van der Waals surface area contributed by atoms with Gasteiger partial charge in [0.05, 0.1) is 7.11 Å². The lowest BCUT2D eigenvalue weighted by Crippen LogP contribution is -2.63. The third-order valence-electron chi connectivity index (χ3n) is 7.98. The Bertz CT molecular complexity index is 984. The highest BCUT2D eigenvalue weighted by molar-refractivity contribution is 6.35. The van der Waals surface area contributed by atoms with Crippen LogP contribution in [0.4, 0.5) is 0 Å². The van der Waals surface area contributed by atoms with Crippen molar-refractivity contribution in [1.29, 1.82) is 0 Å². The SMILES string of the molecule is COc1cccc(CNC23CC4C[C@@](C)(C2)C[C@](C)(C4)C3)c1OCc1c(Cl)cccc1Cl. The van der Waals surface area contributed by atoms with Gasteiger partial charge >= 0.3 is 0 Å². The number of ether oxygens (including phenoxy) is 2. The minimum Gasteiger partial charge on any atom is -0.493 e. The maximum absolute atomic E-state index is 6.36. The van der Waals surface area contributed by atoms with E-state index >= 15 is 0 Å². The van der Waals surface area contributed by atoms with Crippen molar-refractivity contribution in [3.05, 3.63) is 57.6 Å². The molecule has 6 rings (SSSR count). The van der Waals surface area contributed by atoms with E-state index in [0.717, 1.165) is 35.1 Å². The van der Waals surface area contributed by atoms with Crippen molar-refractivity contribution in [1.82, 2.24) is 5.32 Å². The summed E-state index contributed by atoms with van der Waals surface area (Å²) in [6.45, 7) is 6.09. The van der Waals surface area contributed by atoms with Crippen molar-refractivity contribution in [2.24, 2.45) is 16.7 Å². The van der Waals surface area contributed by atoms with Gasteiger partial charge in [-0.15, -0.1) is 0 Å². The molecule has 0 aliphatic heterocycles. The van der Waals surface area contributed by atoms with Crippen LogP contribution < -0.4 is 14.8 Å². The molecule has 4 saturated carbocycles. The highest BCUT2D eigenvalue weighted by Gasteiger charge is 2.59. The van der Waals surface area contributed by atoms with Gasteiger partial charge in [-0.25, -0.2) is 0 Å². The van der Waals surface area contributed by atoms with Gasteiger partial charge in [-0.05, 0) is 73.5 Å². The van der Waals surface area contributed by atoms with Crippen LogP contribution in [0.15, 0.2) is 36.4 Å². The first-order valence-corrected chi connectivity index (χ1v) is 12.4. The third-order valence-corrected chi connectivity index (χ3v) is 8.69. The van der Waals surface area contributed by atoms with Crippen LogP contribution >= 0.6 is 23.2 Å². The van der Waals surface area contributed by atoms with Gasteiger partial charge in [0.15, 0.2) is 11.5 Å². The summed E-state index contributed by atoms with van der Waals surface area (Å²) in [7, 11) is 1.68. The molecule has 4 aliphatic carbocycles. The zero-order valence-electron chi connectivity index (χ0n) is 19.3. The molecule has 0 heterocycles. The Morgan fingerprint density at radius 1 is 0.938 bits per heavy atom. The average molecular weight is 474 g/mol. The number of nitrogens with one attached hydrogen (secondary N) is 1. The molecule has 2 unspecified atom stereocenters. The quantitative estimate of drug-likeness (QED) is 0.453. The largest absolute Gasteiger partial charge is 0.493 e. The molecule has 0 saturated heterocycles. The lowest BCUT2D eigenvalue weighted by atomic mass is 9.43. The molecule has 4 atom stereocenters. The molecular weight excluding hydrogens is 441 g/mol. The monoisotopic (exact) mass is 473 g/mol. The van der Waals surface area contributed by atoms with Crippen LogP contribution in [0.2, 0.25) is 10.0 Å². The number of rotatable bonds is 7. The second-order valence-corrected chi connectivity index (χ2v) is 12.0. The van der Waals surface area contributed by atoms with E-state index in [0.29, 0.717) is 27.5 Å². The molecular formula is C27H33Cl2NO2. The lowest BCUT2D eigenvalue weighted by Gasteiger charge is -2.65. The van der Waals surface area contributed by atoms with E-state index in [-0.39, 0.29) is 5.54 Å². The van der Waals surface area contributed by atoms with Gasteiger partial charge < -0.3 is 14.8 Å². The maximum atomic E-state index is 6.36. The van der Waals surface area contributed by atoms with E-state index < -0.39 is 0 Å². The summed E-state index contributed by atoms with van der Waals surface area (Å²) < 4.78 is 11.9. The number of para-hydroxylation sites is 1. The fourth-order valence-corrected chi connectivity index (χ4v) is 8.27. The van der Waals surface area contributed by atoms with Gasteiger partial charge in [0.25, 0.3) is 0 Å². The molecule has 172 valence electrons. The van der Waals surface area contributed by atoms with E-state index in [2.05, 4.69) is 25.2 Å². The Labute approximate surface area is 201 Å². The maximum Gasteiger partial charge on any atom is 0.166 e. The van der Waals surface area contributed by atoms with Crippen LogP contribution in [0.1, 0.15) is 63.5 Å². The van der Waals surface area contributed by atoms with Gasteiger partial charge in [0.2, 0.25) is 0 Å². The van der Waals surface area contributed by atoms with E-state index in [9.17, 15) is 0 Å². The van der Waals surface area contributed by atoms with Crippen molar-refractivity contribution in [2.75, 3.05) is 7.11 Å². The van der Waals surface area contributed by atoms with Gasteiger partial charge in [-0.2, -0.15) is 0 Å². The summed E-state index contributed by atoms with van der Waals surface area (Å²) in [6, 6.07) is 11.6. The molecule has 4 bridgehead atoms. The van der Waals surface area contributed by atoms with Crippen molar-refractivity contribution < 1.29 is 9.47 Å². The molecule has 2 aromatic carbocycles. The summed E-state index contributed by atoms with van der Waals surface area (Å²) in [4.78, 5) is 0. The van der Waals surface area contributed by atoms with Gasteiger partial charge in [0.1, 0.15) is 6.61 Å². The fraction of sp³-hybridized carbons (Fsp3) is 0.556. The van der Waals surface area contributed by atoms with Gasteiger partial charge in [0, 0.05) is 33.3 Å². The number of halogens is 2. The predicted molar refractivity (Wildman–Crippen MR) is 131 cm³/mol. The summed E-state index contributed by atoms with van der Waals surface area (Å²) in [6.07, 6.45) is 8.04. The van der Waals surface area contributed by atoms with Crippen molar-refractivity contribution >= 4 is 23.2 Å². The first-order valence-electron chi connectivity index (χ1n) is 11.7. The molecule has 4 fully saturated rings. The predicted octanol–water partition coefficient (Wildman–Crippen LogP) is 7.42. The molecule has 32 heavy (non-hydrogen) atoms. The molecule has 0 amide bonds. The van der Waals surface area contributed by atoms with Crippen molar-refractivity contribution in [3.8, 4) is 11.5 Å². The van der Waals surface area contributed by atoms with E-state index in [1.165, 1.54) is 38.5 Å². The average Bonchev–Trinajstić information content (AvgIpc) is 2.69. The lowest BCUT2D eigenvalue weighted by molar-refractivity contribution is -0.118. The second-order valence-electron chi connectivity index (χ2n) is 11.2. The first-order chi connectivity index (χ1) is 15.2. The molecule has 0 spiro atoms. The smallest absolute Gasteiger partial charge is 0.166 e. The van der Waals surface area contributed by atoms with E-state index in [1.54, 1.807) is 7.11 Å². The minimum atomic E-state index is 0.231. The van der Waals surface area contributed by atoms with Crippen LogP contribution in [0.5, 0.6) is 11.5 Å². The molecule has 1 N–H and O–H groups in total. The molecule has 4 aliphatic rings. The Morgan fingerprint density at radius 3 is 2.22 bits per heavy atom. The summed E-state index contributed by atoms with van der Waals surface area (Å²) in [5, 5.41) is 5.25. The van der Waals surface area contributed by atoms with Crippen molar-refractivity contribution in [2.45, 2.75) is 71.1 Å². The first kappa shape index (κ1) is 22.4. The zero-order chi connectivity index (χ0) is 22.6. The summed E-state index contributed by atoms with van der Waals surface area (Å²) >= 11 is 12.7. The Balaban J connectivity index is 1.37. The zero-order valence-corrected chi connectivity index (χ0v) is 20.8. The molecule has 3 nitrogen and oxygen atoms in total. The highest BCUT2D eigenvalue weighted by Crippen LogP contribution is 2.66. The summed E-state index contributed by atoms with van der Waals surface area (Å²) in [5.74, 6) is 2.36. The molecule has 5 heteroatoms. The van der Waals surface area contributed by atoms with Crippen LogP contribution in [0.3, 0.4) is 0 Å². The van der Waals surface area contributed by atoms with Gasteiger partial charge in [-0.1, -0.05) is 55.2 Å². The fourth-order valence-electron chi connectivity index (χ4n) is 7.77. The number of hydrogen-bond acceptors (Lipinski definition) is 3. The molecule has 0 radical (unpaired) electrons. The van der Waals surface area contributed by atoms with E-state index in [4.69, 9.17) is 32.7 Å². The van der Waals surface area contributed by atoms with Crippen LogP contribution in [-0.2, 0) is 13.2 Å². The summed E-state index contributed by atoms with van der Waals surface area (Å²) in [5.41, 5.74) is 3.10. The Kier molecular flexibility index (Phi) is 5.67. The third kappa shape index (κ3) is 4.13. The van der Waals surface area contributed by atoms with Crippen LogP contribution in [0, 0.1) is 16.7 Å². The minimum absolute atomic E-state index is 0.231. The standard InChI is InChI=1S/C27H33Cl2NO2/c1-25-10-18-11-26(2,15-25)17-27(12-18,16-25)30-13-19-6-4-9-23(31-3)24(19)32-14-20-21(28)7-5-8-22(20)29/h4-9,18,30H,10-17H2,1-3H3/t18?,25-,26+,27?. The topological polar surface area (TPSA) is 30.5 Å². The number of hydrogen-bond donors (Lipinski definition) is 1. The number of benzene rings is 2. The number of methoxy groups -OCH3 is 1. The van der Waals surface area contributed by atoms with Crippen molar-refractivity contribution in [3.63, 3.8) is 0 Å². The van der Waals surface area contributed by atoms with Crippen LogP contribution in [-0.4, -0.2) is 12.6 Å².